The molecular formula is C16H28N2O. The second-order valence-corrected chi connectivity index (χ2v) is 6.02. The van der Waals surface area contributed by atoms with Gasteiger partial charge in [0.25, 0.3) is 0 Å². The van der Waals surface area contributed by atoms with E-state index in [4.69, 9.17) is 0 Å². The Hall–Kier alpha value is -0.830. The van der Waals surface area contributed by atoms with Crippen LogP contribution in [0.2, 0.25) is 0 Å². The molecule has 19 heavy (non-hydrogen) atoms. The number of nitrogens with one attached hydrogen (secondary N) is 1. The van der Waals surface area contributed by atoms with E-state index < -0.39 is 0 Å². The molecule has 0 radical (unpaired) electrons. The van der Waals surface area contributed by atoms with Gasteiger partial charge in [-0.15, -0.1) is 6.58 Å². The number of amides is 1. The molecule has 0 aromatic carbocycles. The van der Waals surface area contributed by atoms with Gasteiger partial charge in [0.1, 0.15) is 0 Å². The summed E-state index contributed by atoms with van der Waals surface area (Å²) in [5, 5.41) is 3.43. The lowest BCUT2D eigenvalue weighted by Gasteiger charge is -2.29. The van der Waals surface area contributed by atoms with Gasteiger partial charge in [0.2, 0.25) is 5.91 Å². The lowest BCUT2D eigenvalue weighted by atomic mass is 9.94. The fourth-order valence-electron chi connectivity index (χ4n) is 3.45. The van der Waals surface area contributed by atoms with Crippen LogP contribution in [-0.2, 0) is 4.79 Å². The van der Waals surface area contributed by atoms with Gasteiger partial charge in [-0.25, -0.2) is 0 Å². The Bertz CT molecular complexity index is 291. The number of carbonyl (C=O) groups is 1. The molecule has 1 aliphatic carbocycles. The third-order valence-corrected chi connectivity index (χ3v) is 4.58. The van der Waals surface area contributed by atoms with Crippen molar-refractivity contribution in [2.75, 3.05) is 19.6 Å². The van der Waals surface area contributed by atoms with E-state index in [1.54, 1.807) is 0 Å². The predicted octanol–water partition coefficient (Wildman–Crippen LogP) is 2.72. The average Bonchev–Trinajstić information content (AvgIpc) is 2.97. The first-order valence-electron chi connectivity index (χ1n) is 7.92. The van der Waals surface area contributed by atoms with Crippen LogP contribution in [0.15, 0.2) is 12.7 Å². The fourth-order valence-corrected chi connectivity index (χ4v) is 3.45. The second-order valence-electron chi connectivity index (χ2n) is 6.02. The molecule has 1 N–H and O–H groups in total. The molecule has 0 aromatic heterocycles. The van der Waals surface area contributed by atoms with Gasteiger partial charge in [-0.2, -0.15) is 0 Å². The van der Waals surface area contributed by atoms with E-state index in [1.165, 1.54) is 38.5 Å². The summed E-state index contributed by atoms with van der Waals surface area (Å²) in [6.45, 7) is 6.77. The standard InChI is InChI=1S/C16H28N2O/c1-2-12-18(15-7-3-4-8-15)16(19)10-9-14-6-5-11-17-13-14/h2,14-15,17H,1,3-13H2. The van der Waals surface area contributed by atoms with E-state index in [-0.39, 0.29) is 0 Å². The molecule has 1 saturated heterocycles. The van der Waals surface area contributed by atoms with Crippen molar-refractivity contribution in [2.45, 2.75) is 57.4 Å². The first-order valence-corrected chi connectivity index (χ1v) is 7.92. The van der Waals surface area contributed by atoms with Crippen molar-refractivity contribution >= 4 is 5.91 Å². The van der Waals surface area contributed by atoms with Gasteiger partial charge in [-0.05, 0) is 51.1 Å². The van der Waals surface area contributed by atoms with Crippen LogP contribution in [0.25, 0.3) is 0 Å². The van der Waals surface area contributed by atoms with Crippen LogP contribution >= 0.6 is 0 Å². The molecule has 1 atom stereocenters. The van der Waals surface area contributed by atoms with Gasteiger partial charge in [-0.1, -0.05) is 18.9 Å². The lowest BCUT2D eigenvalue weighted by Crippen LogP contribution is -2.39. The van der Waals surface area contributed by atoms with E-state index >= 15 is 0 Å². The normalized spacial score (nSPS) is 24.3. The summed E-state index contributed by atoms with van der Waals surface area (Å²) in [5.41, 5.74) is 0. The summed E-state index contributed by atoms with van der Waals surface area (Å²) < 4.78 is 0. The largest absolute Gasteiger partial charge is 0.336 e. The molecule has 1 amide bonds. The van der Waals surface area contributed by atoms with E-state index in [2.05, 4.69) is 16.8 Å². The molecule has 0 spiro atoms. The van der Waals surface area contributed by atoms with Gasteiger partial charge in [0, 0.05) is 19.0 Å². The Balaban J connectivity index is 1.79. The molecule has 108 valence electrons. The summed E-state index contributed by atoms with van der Waals surface area (Å²) in [4.78, 5) is 14.5. The molecule has 3 nitrogen and oxygen atoms in total. The smallest absolute Gasteiger partial charge is 0.223 e. The highest BCUT2D eigenvalue weighted by molar-refractivity contribution is 5.76. The highest BCUT2D eigenvalue weighted by Gasteiger charge is 2.26. The zero-order valence-electron chi connectivity index (χ0n) is 12.1. The topological polar surface area (TPSA) is 32.3 Å². The molecule has 0 bridgehead atoms. The quantitative estimate of drug-likeness (QED) is 0.748. The second kappa shape index (κ2) is 7.68. The Labute approximate surface area is 117 Å². The number of nitrogens with zero attached hydrogens (tertiary/aromatic N) is 1. The van der Waals surface area contributed by atoms with Crippen molar-refractivity contribution in [1.82, 2.24) is 10.2 Å². The van der Waals surface area contributed by atoms with Crippen LogP contribution in [0.4, 0.5) is 0 Å². The number of carbonyl (C=O) groups excluding carboxylic acids is 1. The highest BCUT2D eigenvalue weighted by Crippen LogP contribution is 2.25. The average molecular weight is 264 g/mol. The number of hydrogen-bond donors (Lipinski definition) is 1. The Morgan fingerprint density at radius 2 is 2.05 bits per heavy atom. The molecule has 1 aliphatic heterocycles. The van der Waals surface area contributed by atoms with Gasteiger partial charge in [0.05, 0.1) is 0 Å². The van der Waals surface area contributed by atoms with Gasteiger partial charge in [-0.3, -0.25) is 4.79 Å². The van der Waals surface area contributed by atoms with E-state index in [0.717, 1.165) is 32.5 Å². The molecule has 2 rings (SSSR count). The van der Waals surface area contributed by atoms with Gasteiger partial charge >= 0.3 is 0 Å². The summed E-state index contributed by atoms with van der Waals surface area (Å²) in [7, 11) is 0. The minimum Gasteiger partial charge on any atom is -0.336 e. The third kappa shape index (κ3) is 4.34. The summed E-state index contributed by atoms with van der Waals surface area (Å²) in [6, 6.07) is 0.481. The van der Waals surface area contributed by atoms with Crippen molar-refractivity contribution in [3.63, 3.8) is 0 Å². The monoisotopic (exact) mass is 264 g/mol. The molecule has 1 heterocycles. The van der Waals surface area contributed by atoms with Gasteiger partial charge < -0.3 is 10.2 Å². The maximum Gasteiger partial charge on any atom is 0.223 e. The lowest BCUT2D eigenvalue weighted by molar-refractivity contribution is -0.133. The van der Waals surface area contributed by atoms with E-state index in [1.807, 2.05) is 6.08 Å². The minimum absolute atomic E-state index is 0.345. The van der Waals surface area contributed by atoms with Gasteiger partial charge in [0.15, 0.2) is 0 Å². The minimum atomic E-state index is 0.345. The van der Waals surface area contributed by atoms with Crippen molar-refractivity contribution in [3.8, 4) is 0 Å². The first-order chi connectivity index (χ1) is 9.31. The summed E-state index contributed by atoms with van der Waals surface area (Å²) in [5.74, 6) is 1.05. The molecule has 0 aromatic rings. The van der Waals surface area contributed by atoms with Crippen molar-refractivity contribution < 1.29 is 4.79 Å². The van der Waals surface area contributed by atoms with Crippen LogP contribution in [0.1, 0.15) is 51.4 Å². The Morgan fingerprint density at radius 3 is 2.68 bits per heavy atom. The molecule has 1 unspecified atom stereocenters. The molecule has 3 heteroatoms. The number of hydrogen-bond acceptors (Lipinski definition) is 2. The van der Waals surface area contributed by atoms with Crippen LogP contribution in [0.5, 0.6) is 0 Å². The van der Waals surface area contributed by atoms with E-state index in [9.17, 15) is 4.79 Å². The SMILES string of the molecule is C=CCN(C(=O)CCC1CCCNC1)C1CCCC1. The molecule has 1 saturated carbocycles. The molecular weight excluding hydrogens is 236 g/mol. The third-order valence-electron chi connectivity index (χ3n) is 4.58. The number of piperidine rings is 1. The van der Waals surface area contributed by atoms with Crippen molar-refractivity contribution in [3.05, 3.63) is 12.7 Å². The van der Waals surface area contributed by atoms with Crippen LogP contribution in [0.3, 0.4) is 0 Å². The first kappa shape index (κ1) is 14.6. The van der Waals surface area contributed by atoms with Crippen molar-refractivity contribution in [2.24, 2.45) is 5.92 Å². The van der Waals surface area contributed by atoms with Crippen LogP contribution in [0, 0.1) is 5.92 Å². The zero-order chi connectivity index (χ0) is 13.5. The summed E-state index contributed by atoms with van der Waals surface area (Å²) >= 11 is 0. The number of rotatable bonds is 6. The highest BCUT2D eigenvalue weighted by atomic mass is 16.2. The molecule has 2 aliphatic rings. The van der Waals surface area contributed by atoms with E-state index in [0.29, 0.717) is 17.9 Å². The predicted molar refractivity (Wildman–Crippen MR) is 79.0 cm³/mol. The Morgan fingerprint density at radius 1 is 1.26 bits per heavy atom. The maximum atomic E-state index is 12.4. The summed E-state index contributed by atoms with van der Waals surface area (Å²) in [6.07, 6.45) is 11.1. The fraction of sp³-hybridized carbons (Fsp3) is 0.812. The van der Waals surface area contributed by atoms with Crippen LogP contribution < -0.4 is 5.32 Å². The van der Waals surface area contributed by atoms with Crippen LogP contribution in [-0.4, -0.2) is 36.5 Å². The van der Waals surface area contributed by atoms with Crippen molar-refractivity contribution in [1.29, 1.82) is 0 Å². The maximum absolute atomic E-state index is 12.4. The zero-order valence-corrected chi connectivity index (χ0v) is 12.1. The Kier molecular flexibility index (Phi) is 5.90. The molecule has 2 fully saturated rings.